The van der Waals surface area contributed by atoms with E-state index in [2.05, 4.69) is 9.80 Å². The Morgan fingerprint density at radius 3 is 2.56 bits per heavy atom. The summed E-state index contributed by atoms with van der Waals surface area (Å²) in [5.41, 5.74) is 1.94. The van der Waals surface area contributed by atoms with Gasteiger partial charge in [0.25, 0.3) is 0 Å². The second kappa shape index (κ2) is 6.80. The summed E-state index contributed by atoms with van der Waals surface area (Å²) in [6.45, 7) is 2.81. The number of anilines is 1. The zero-order valence-electron chi connectivity index (χ0n) is 14.8. The molecular formula is C19H20ClN5OS. The number of amides is 1. The molecular weight excluding hydrogens is 382 g/mol. The third kappa shape index (κ3) is 3.19. The first-order valence-corrected chi connectivity index (χ1v) is 10.5. The van der Waals surface area contributed by atoms with Crippen LogP contribution in [0.1, 0.15) is 25.7 Å². The summed E-state index contributed by atoms with van der Waals surface area (Å²) in [5, 5.41) is 6.46. The molecule has 2 aromatic heterocycles. The molecule has 27 heavy (non-hydrogen) atoms. The van der Waals surface area contributed by atoms with Crippen molar-refractivity contribution < 1.29 is 4.79 Å². The van der Waals surface area contributed by atoms with Gasteiger partial charge in [-0.3, -0.25) is 4.79 Å². The Hall–Kier alpha value is -2.12. The zero-order chi connectivity index (χ0) is 18.4. The van der Waals surface area contributed by atoms with Gasteiger partial charge in [0.15, 0.2) is 0 Å². The van der Waals surface area contributed by atoms with Gasteiger partial charge in [-0.2, -0.15) is 0 Å². The SMILES string of the molecule is O=C1CCCN1C1CCN(c2nn3cc(-c4ccc(Cl)cc4)nc3s2)CC1. The van der Waals surface area contributed by atoms with Gasteiger partial charge in [0.05, 0.1) is 11.9 Å². The number of halogens is 1. The Kier molecular flexibility index (Phi) is 4.28. The highest BCUT2D eigenvalue weighted by molar-refractivity contribution is 7.20. The number of likely N-dealkylation sites (tertiary alicyclic amines) is 1. The van der Waals surface area contributed by atoms with Crippen LogP contribution < -0.4 is 4.90 Å². The third-order valence-electron chi connectivity index (χ3n) is 5.46. The maximum Gasteiger partial charge on any atom is 0.222 e. The van der Waals surface area contributed by atoms with Crippen LogP contribution in [0.3, 0.4) is 0 Å². The Labute approximate surface area is 166 Å². The van der Waals surface area contributed by atoms with Crippen molar-refractivity contribution in [3.05, 3.63) is 35.5 Å². The highest BCUT2D eigenvalue weighted by Crippen LogP contribution is 2.30. The number of fused-ring (bicyclic) bond motifs is 1. The van der Waals surface area contributed by atoms with Gasteiger partial charge in [0.2, 0.25) is 16.0 Å². The Bertz CT molecular complexity index is 942. The molecule has 0 unspecified atom stereocenters. The zero-order valence-corrected chi connectivity index (χ0v) is 16.4. The predicted octanol–water partition coefficient (Wildman–Crippen LogP) is 3.70. The van der Waals surface area contributed by atoms with Crippen LogP contribution in [0.25, 0.3) is 16.2 Å². The minimum absolute atomic E-state index is 0.330. The predicted molar refractivity (Wildman–Crippen MR) is 107 cm³/mol. The molecule has 2 aliphatic heterocycles. The van der Waals surface area contributed by atoms with Gasteiger partial charge in [0.1, 0.15) is 0 Å². The van der Waals surface area contributed by atoms with Crippen LogP contribution in [-0.4, -0.2) is 51.1 Å². The Morgan fingerprint density at radius 2 is 1.89 bits per heavy atom. The van der Waals surface area contributed by atoms with Gasteiger partial charge < -0.3 is 9.80 Å². The number of imidazole rings is 1. The molecule has 0 spiro atoms. The Morgan fingerprint density at radius 1 is 1.11 bits per heavy atom. The van der Waals surface area contributed by atoms with Crippen molar-refractivity contribution in [2.24, 2.45) is 0 Å². The number of benzene rings is 1. The molecule has 1 amide bonds. The van der Waals surface area contributed by atoms with Crippen molar-refractivity contribution in [3.63, 3.8) is 0 Å². The summed E-state index contributed by atoms with van der Waals surface area (Å²) in [5.74, 6) is 0.330. The lowest BCUT2D eigenvalue weighted by Gasteiger charge is -2.36. The lowest BCUT2D eigenvalue weighted by Crippen LogP contribution is -2.45. The average molecular weight is 402 g/mol. The van der Waals surface area contributed by atoms with Crippen LogP contribution in [0.5, 0.6) is 0 Å². The summed E-state index contributed by atoms with van der Waals surface area (Å²) in [6.07, 6.45) is 5.74. The largest absolute Gasteiger partial charge is 0.347 e. The lowest BCUT2D eigenvalue weighted by molar-refractivity contribution is -0.130. The summed E-state index contributed by atoms with van der Waals surface area (Å²) in [6, 6.07) is 8.09. The van der Waals surface area contributed by atoms with E-state index in [1.165, 1.54) is 0 Å². The fourth-order valence-electron chi connectivity index (χ4n) is 4.00. The first-order chi connectivity index (χ1) is 13.2. The first-order valence-electron chi connectivity index (χ1n) is 9.34. The van der Waals surface area contributed by atoms with E-state index in [9.17, 15) is 4.79 Å². The van der Waals surface area contributed by atoms with Crippen molar-refractivity contribution in [3.8, 4) is 11.3 Å². The number of nitrogens with zero attached hydrogens (tertiary/aromatic N) is 5. The summed E-state index contributed by atoms with van der Waals surface area (Å²) < 4.78 is 1.86. The third-order valence-corrected chi connectivity index (χ3v) is 6.69. The number of carbonyl (C=O) groups excluding carboxylic acids is 1. The van der Waals surface area contributed by atoms with Crippen LogP contribution in [0.2, 0.25) is 5.02 Å². The first kappa shape index (κ1) is 17.0. The van der Waals surface area contributed by atoms with Gasteiger partial charge in [-0.05, 0) is 31.4 Å². The monoisotopic (exact) mass is 401 g/mol. The van der Waals surface area contributed by atoms with Crippen molar-refractivity contribution in [2.45, 2.75) is 31.7 Å². The van der Waals surface area contributed by atoms with Gasteiger partial charge >= 0.3 is 0 Å². The molecule has 2 fully saturated rings. The normalized spacial score (nSPS) is 18.8. The number of piperidine rings is 1. The smallest absolute Gasteiger partial charge is 0.222 e. The molecule has 3 aromatic rings. The van der Waals surface area contributed by atoms with E-state index in [1.54, 1.807) is 11.3 Å². The van der Waals surface area contributed by atoms with Crippen LogP contribution >= 0.6 is 22.9 Å². The minimum atomic E-state index is 0.330. The number of carbonyl (C=O) groups is 1. The summed E-state index contributed by atoms with van der Waals surface area (Å²) in [7, 11) is 0. The molecule has 0 atom stereocenters. The molecule has 0 saturated carbocycles. The quantitative estimate of drug-likeness (QED) is 0.671. The molecule has 4 heterocycles. The second-order valence-electron chi connectivity index (χ2n) is 7.15. The van der Waals surface area contributed by atoms with Crippen LogP contribution in [0, 0.1) is 0 Å². The number of aromatic nitrogens is 3. The summed E-state index contributed by atoms with van der Waals surface area (Å²) >= 11 is 7.58. The van der Waals surface area contributed by atoms with E-state index in [0.29, 0.717) is 11.9 Å². The molecule has 1 aromatic carbocycles. The number of hydrogen-bond donors (Lipinski definition) is 0. The van der Waals surface area contributed by atoms with Gasteiger partial charge in [-0.15, -0.1) is 5.10 Å². The van der Waals surface area contributed by atoms with Crippen molar-refractivity contribution in [2.75, 3.05) is 24.5 Å². The van der Waals surface area contributed by atoms with E-state index in [0.717, 1.165) is 71.7 Å². The van der Waals surface area contributed by atoms with Crippen molar-refractivity contribution >= 4 is 38.9 Å². The lowest BCUT2D eigenvalue weighted by atomic mass is 10.0. The Balaban J connectivity index is 1.29. The van der Waals surface area contributed by atoms with E-state index in [-0.39, 0.29) is 0 Å². The molecule has 0 radical (unpaired) electrons. The topological polar surface area (TPSA) is 53.7 Å². The fourth-order valence-corrected chi connectivity index (χ4v) is 5.06. The highest BCUT2D eigenvalue weighted by atomic mass is 35.5. The fraction of sp³-hybridized carbons (Fsp3) is 0.421. The highest BCUT2D eigenvalue weighted by Gasteiger charge is 2.31. The van der Waals surface area contributed by atoms with Crippen LogP contribution in [-0.2, 0) is 4.79 Å². The molecule has 2 saturated heterocycles. The number of rotatable bonds is 3. The average Bonchev–Trinajstić information content (AvgIpc) is 3.37. The second-order valence-corrected chi connectivity index (χ2v) is 8.52. The van der Waals surface area contributed by atoms with E-state index < -0.39 is 0 Å². The minimum Gasteiger partial charge on any atom is -0.347 e. The molecule has 0 aliphatic carbocycles. The molecule has 2 aliphatic rings. The summed E-state index contributed by atoms with van der Waals surface area (Å²) in [4.78, 5) is 22.0. The van der Waals surface area contributed by atoms with E-state index in [4.69, 9.17) is 21.7 Å². The molecule has 6 nitrogen and oxygen atoms in total. The number of hydrogen-bond acceptors (Lipinski definition) is 5. The molecule has 0 bridgehead atoms. The molecule has 0 N–H and O–H groups in total. The molecule has 5 rings (SSSR count). The van der Waals surface area contributed by atoms with Crippen molar-refractivity contribution in [1.82, 2.24) is 19.5 Å². The van der Waals surface area contributed by atoms with Gasteiger partial charge in [-0.25, -0.2) is 9.50 Å². The maximum atomic E-state index is 12.0. The molecule has 140 valence electrons. The van der Waals surface area contributed by atoms with Gasteiger partial charge in [-0.1, -0.05) is 35.1 Å². The van der Waals surface area contributed by atoms with E-state index >= 15 is 0 Å². The van der Waals surface area contributed by atoms with Gasteiger partial charge in [0, 0.05) is 42.7 Å². The standard InChI is InChI=1S/C19H20ClN5OS/c20-14-5-3-13(4-6-14)16-12-25-18(21-16)27-19(22-25)23-10-7-15(8-11-23)24-9-1-2-17(24)26/h3-6,12,15H,1-2,7-11H2. The maximum absolute atomic E-state index is 12.0. The van der Waals surface area contributed by atoms with E-state index in [1.807, 2.05) is 35.0 Å². The molecule has 8 heteroatoms. The van der Waals surface area contributed by atoms with Crippen LogP contribution in [0.15, 0.2) is 30.5 Å². The van der Waals surface area contributed by atoms with Crippen LogP contribution in [0.4, 0.5) is 5.13 Å². The van der Waals surface area contributed by atoms with Crippen molar-refractivity contribution in [1.29, 1.82) is 0 Å².